The second kappa shape index (κ2) is 23.2. The van der Waals surface area contributed by atoms with Gasteiger partial charge < -0.3 is 9.47 Å². The quantitative estimate of drug-likeness (QED) is 0.160. The lowest BCUT2D eigenvalue weighted by Crippen LogP contribution is -2.06. The molecule has 0 N–H and O–H groups in total. The second-order valence-electron chi connectivity index (χ2n) is 6.86. The van der Waals surface area contributed by atoms with Gasteiger partial charge in [0, 0.05) is 19.1 Å². The molecular formula is C21H43ClO2. The van der Waals surface area contributed by atoms with Crippen molar-refractivity contribution >= 4 is 11.6 Å². The first kappa shape index (κ1) is 24.2. The number of rotatable bonds is 21. The van der Waals surface area contributed by atoms with Gasteiger partial charge in [-0.15, -0.1) is 11.6 Å². The molecule has 0 spiro atoms. The van der Waals surface area contributed by atoms with Gasteiger partial charge >= 0.3 is 0 Å². The highest BCUT2D eigenvalue weighted by Crippen LogP contribution is 2.11. The van der Waals surface area contributed by atoms with Gasteiger partial charge in [0.2, 0.25) is 0 Å². The highest BCUT2D eigenvalue weighted by Gasteiger charge is 1.94. The van der Waals surface area contributed by atoms with Crippen LogP contribution in [0.5, 0.6) is 0 Å². The van der Waals surface area contributed by atoms with Crippen LogP contribution in [0.25, 0.3) is 0 Å². The van der Waals surface area contributed by atoms with Crippen molar-refractivity contribution in [3.05, 3.63) is 0 Å². The van der Waals surface area contributed by atoms with E-state index in [0.29, 0.717) is 0 Å². The molecule has 0 bridgehead atoms. The van der Waals surface area contributed by atoms with E-state index < -0.39 is 0 Å². The molecule has 0 fully saturated rings. The van der Waals surface area contributed by atoms with Gasteiger partial charge in [-0.25, -0.2) is 0 Å². The summed E-state index contributed by atoms with van der Waals surface area (Å²) < 4.78 is 11.2. The lowest BCUT2D eigenvalue weighted by molar-refractivity contribution is 0.0449. The zero-order valence-corrected chi connectivity index (χ0v) is 17.1. The van der Waals surface area contributed by atoms with Crippen LogP contribution >= 0.6 is 11.6 Å². The van der Waals surface area contributed by atoms with Gasteiger partial charge in [0.25, 0.3) is 0 Å². The Hall–Kier alpha value is 0.210. The molecule has 146 valence electrons. The molecule has 0 aliphatic carbocycles. The minimum atomic E-state index is 0.744. The van der Waals surface area contributed by atoms with Crippen LogP contribution in [0.2, 0.25) is 0 Å². The number of hydrogen-bond acceptors (Lipinski definition) is 2. The second-order valence-corrected chi connectivity index (χ2v) is 7.24. The molecular weight excluding hydrogens is 320 g/mol. The van der Waals surface area contributed by atoms with Gasteiger partial charge in [-0.3, -0.25) is 0 Å². The van der Waals surface area contributed by atoms with Gasteiger partial charge in [-0.05, 0) is 19.3 Å². The van der Waals surface area contributed by atoms with E-state index in [1.54, 1.807) is 0 Å². The predicted molar refractivity (Wildman–Crippen MR) is 107 cm³/mol. The zero-order chi connectivity index (χ0) is 17.6. The van der Waals surface area contributed by atoms with Crippen molar-refractivity contribution < 1.29 is 9.47 Å². The summed E-state index contributed by atoms with van der Waals surface area (Å²) in [6.07, 6.45) is 20.0. The van der Waals surface area contributed by atoms with Gasteiger partial charge in [0.05, 0.1) is 13.2 Å². The summed E-state index contributed by atoms with van der Waals surface area (Å²) in [6, 6.07) is 0. The molecule has 0 aromatic heterocycles. The molecule has 0 aromatic rings. The highest BCUT2D eigenvalue weighted by atomic mass is 35.5. The smallest absolute Gasteiger partial charge is 0.0700 e. The first-order valence-electron chi connectivity index (χ1n) is 10.6. The third kappa shape index (κ3) is 22.2. The number of hydrogen-bond donors (Lipinski definition) is 0. The number of halogens is 1. The summed E-state index contributed by atoms with van der Waals surface area (Å²) in [5, 5.41) is 0. The molecule has 3 heteroatoms. The normalized spacial score (nSPS) is 11.2. The van der Waals surface area contributed by atoms with Gasteiger partial charge in [0.1, 0.15) is 0 Å². The molecule has 0 aliphatic rings. The molecule has 0 amide bonds. The molecule has 24 heavy (non-hydrogen) atoms. The number of alkyl halides is 1. The van der Waals surface area contributed by atoms with E-state index in [1.807, 2.05) is 0 Å². The Kier molecular flexibility index (Phi) is 23.4. The average molecular weight is 363 g/mol. The molecule has 0 aliphatic heterocycles. The minimum Gasteiger partial charge on any atom is -0.379 e. The molecule has 0 saturated heterocycles. The van der Waals surface area contributed by atoms with Gasteiger partial charge in [-0.2, -0.15) is 0 Å². The Balaban J connectivity index is 2.93. The molecule has 0 radical (unpaired) electrons. The van der Waals surface area contributed by atoms with Crippen molar-refractivity contribution in [3.63, 3.8) is 0 Å². The van der Waals surface area contributed by atoms with E-state index in [4.69, 9.17) is 21.1 Å². The van der Waals surface area contributed by atoms with Gasteiger partial charge in [-0.1, -0.05) is 84.0 Å². The van der Waals surface area contributed by atoms with E-state index >= 15 is 0 Å². The van der Waals surface area contributed by atoms with Crippen LogP contribution in [-0.2, 0) is 9.47 Å². The van der Waals surface area contributed by atoms with Crippen molar-refractivity contribution in [3.8, 4) is 0 Å². The van der Waals surface area contributed by atoms with Crippen molar-refractivity contribution in [2.24, 2.45) is 0 Å². The first-order chi connectivity index (χ1) is 11.9. The fourth-order valence-electron chi connectivity index (χ4n) is 2.84. The van der Waals surface area contributed by atoms with E-state index in [-0.39, 0.29) is 0 Å². The standard InChI is InChI=1S/C21H43ClO2/c1-2-3-4-5-6-7-8-9-10-12-15-18-23-20-21-24-19-16-13-11-14-17-22/h2-21H2,1H3. The summed E-state index contributed by atoms with van der Waals surface area (Å²) in [5.74, 6) is 0.785. The lowest BCUT2D eigenvalue weighted by Gasteiger charge is -2.06. The topological polar surface area (TPSA) is 18.5 Å². The summed E-state index contributed by atoms with van der Waals surface area (Å²) in [6.45, 7) is 5.54. The Morgan fingerprint density at radius 1 is 0.458 bits per heavy atom. The molecule has 0 aromatic carbocycles. The van der Waals surface area contributed by atoms with Crippen LogP contribution in [0.15, 0.2) is 0 Å². The van der Waals surface area contributed by atoms with E-state index in [0.717, 1.165) is 45.1 Å². The van der Waals surface area contributed by atoms with Crippen molar-refractivity contribution in [2.45, 2.75) is 103 Å². The number of ether oxygens (including phenoxy) is 2. The maximum absolute atomic E-state index is 5.64. The van der Waals surface area contributed by atoms with Crippen LogP contribution < -0.4 is 0 Å². The minimum absolute atomic E-state index is 0.744. The summed E-state index contributed by atoms with van der Waals surface area (Å²) in [5.41, 5.74) is 0. The van der Waals surface area contributed by atoms with Crippen LogP contribution in [0.4, 0.5) is 0 Å². The van der Waals surface area contributed by atoms with E-state index in [9.17, 15) is 0 Å². The third-order valence-corrected chi connectivity index (χ3v) is 4.70. The predicted octanol–water partition coefficient (Wildman–Crippen LogP) is 7.13. The van der Waals surface area contributed by atoms with Gasteiger partial charge in [0.15, 0.2) is 0 Å². The Morgan fingerprint density at radius 2 is 0.833 bits per heavy atom. The Morgan fingerprint density at radius 3 is 1.25 bits per heavy atom. The van der Waals surface area contributed by atoms with Crippen LogP contribution in [0, 0.1) is 0 Å². The summed E-state index contributed by atoms with van der Waals surface area (Å²) in [7, 11) is 0. The highest BCUT2D eigenvalue weighted by molar-refractivity contribution is 6.17. The first-order valence-corrected chi connectivity index (χ1v) is 11.2. The largest absolute Gasteiger partial charge is 0.379 e. The zero-order valence-electron chi connectivity index (χ0n) is 16.3. The fraction of sp³-hybridized carbons (Fsp3) is 1.00. The Labute approximate surface area is 157 Å². The average Bonchev–Trinajstić information content (AvgIpc) is 2.60. The molecule has 0 atom stereocenters. The maximum Gasteiger partial charge on any atom is 0.0700 e. The van der Waals surface area contributed by atoms with E-state index in [2.05, 4.69) is 6.92 Å². The fourth-order valence-corrected chi connectivity index (χ4v) is 3.03. The van der Waals surface area contributed by atoms with Crippen molar-refractivity contribution in [2.75, 3.05) is 32.3 Å². The Bertz CT molecular complexity index is 190. The lowest BCUT2D eigenvalue weighted by atomic mass is 10.1. The van der Waals surface area contributed by atoms with Crippen molar-refractivity contribution in [1.29, 1.82) is 0 Å². The third-order valence-electron chi connectivity index (χ3n) is 4.44. The molecule has 0 saturated carbocycles. The summed E-state index contributed by atoms with van der Waals surface area (Å²) in [4.78, 5) is 0. The summed E-state index contributed by atoms with van der Waals surface area (Å²) >= 11 is 5.64. The molecule has 0 unspecified atom stereocenters. The SMILES string of the molecule is CCCCCCCCCCCCCOCCOCCCCCCCl. The molecule has 0 heterocycles. The monoisotopic (exact) mass is 362 g/mol. The van der Waals surface area contributed by atoms with Crippen LogP contribution in [-0.4, -0.2) is 32.3 Å². The van der Waals surface area contributed by atoms with E-state index in [1.165, 1.54) is 83.5 Å². The molecule has 0 rings (SSSR count). The maximum atomic E-state index is 5.64. The van der Waals surface area contributed by atoms with Crippen molar-refractivity contribution in [1.82, 2.24) is 0 Å². The van der Waals surface area contributed by atoms with Crippen LogP contribution in [0.1, 0.15) is 103 Å². The van der Waals surface area contributed by atoms with Crippen LogP contribution in [0.3, 0.4) is 0 Å². The molecule has 2 nitrogen and oxygen atoms in total. The number of unbranched alkanes of at least 4 members (excludes halogenated alkanes) is 13.